The van der Waals surface area contributed by atoms with Crippen LogP contribution < -0.4 is 4.74 Å². The maximum absolute atomic E-state index is 5.55. The maximum Gasteiger partial charge on any atom is 0.168 e. The minimum atomic E-state index is -0.457. The molecule has 3 nitrogen and oxygen atoms in total. The zero-order valence-corrected chi connectivity index (χ0v) is 8.86. The minimum Gasteiger partial charge on any atom is -0.493 e. The summed E-state index contributed by atoms with van der Waals surface area (Å²) >= 11 is 0. The summed E-state index contributed by atoms with van der Waals surface area (Å²) in [5.74, 6) is 0.399. The zero-order valence-electron chi connectivity index (χ0n) is 8.86. The molecule has 15 heavy (non-hydrogen) atoms. The number of hydrogen-bond donors (Lipinski definition) is 0. The second-order valence-corrected chi connectivity index (χ2v) is 3.66. The van der Waals surface area contributed by atoms with Crippen molar-refractivity contribution in [3.63, 3.8) is 0 Å². The average molecular weight is 207 g/mol. The standard InChI is InChI=1S/C12H15O3/c1-12(14-9-10-15-12)7-8-13-11-5-3-2-4-6-11/h3-6H,7-10H2,1H3. The fourth-order valence-electron chi connectivity index (χ4n) is 1.52. The number of benzene rings is 1. The third-order valence-electron chi connectivity index (χ3n) is 2.41. The summed E-state index contributed by atoms with van der Waals surface area (Å²) in [6, 6.07) is 10.4. The summed E-state index contributed by atoms with van der Waals surface area (Å²) in [7, 11) is 0. The van der Waals surface area contributed by atoms with E-state index in [1.807, 2.05) is 31.2 Å². The van der Waals surface area contributed by atoms with Gasteiger partial charge in [0.2, 0.25) is 0 Å². The van der Waals surface area contributed by atoms with Crippen molar-refractivity contribution < 1.29 is 14.2 Å². The van der Waals surface area contributed by atoms with E-state index in [4.69, 9.17) is 14.2 Å². The van der Waals surface area contributed by atoms with Crippen LogP contribution in [0.1, 0.15) is 13.3 Å². The molecular weight excluding hydrogens is 192 g/mol. The highest BCUT2D eigenvalue weighted by Crippen LogP contribution is 2.22. The van der Waals surface area contributed by atoms with Gasteiger partial charge in [-0.2, -0.15) is 0 Å². The second-order valence-electron chi connectivity index (χ2n) is 3.66. The van der Waals surface area contributed by atoms with Crippen LogP contribution in [0.2, 0.25) is 0 Å². The number of hydrogen-bond acceptors (Lipinski definition) is 3. The highest BCUT2D eigenvalue weighted by atomic mass is 16.7. The Morgan fingerprint density at radius 3 is 2.67 bits per heavy atom. The minimum absolute atomic E-state index is 0.457. The Morgan fingerprint density at radius 1 is 1.33 bits per heavy atom. The van der Waals surface area contributed by atoms with E-state index in [-0.39, 0.29) is 0 Å². The van der Waals surface area contributed by atoms with Crippen LogP contribution in [0.25, 0.3) is 0 Å². The molecule has 1 aromatic rings. The largest absolute Gasteiger partial charge is 0.493 e. The summed E-state index contributed by atoms with van der Waals surface area (Å²) < 4.78 is 16.5. The molecule has 1 fully saturated rings. The monoisotopic (exact) mass is 207 g/mol. The van der Waals surface area contributed by atoms with Gasteiger partial charge in [-0.05, 0) is 25.1 Å². The van der Waals surface area contributed by atoms with Gasteiger partial charge in [-0.3, -0.25) is 0 Å². The van der Waals surface area contributed by atoms with Gasteiger partial charge in [-0.25, -0.2) is 0 Å². The fourth-order valence-corrected chi connectivity index (χ4v) is 1.52. The van der Waals surface area contributed by atoms with Crippen molar-refractivity contribution in [1.29, 1.82) is 0 Å². The van der Waals surface area contributed by atoms with Gasteiger partial charge in [0.1, 0.15) is 5.75 Å². The van der Waals surface area contributed by atoms with Crippen LogP contribution in [0, 0.1) is 6.07 Å². The number of rotatable bonds is 4. The van der Waals surface area contributed by atoms with Crippen LogP contribution in [-0.2, 0) is 9.47 Å². The molecule has 0 aliphatic carbocycles. The third-order valence-corrected chi connectivity index (χ3v) is 2.41. The molecule has 1 aliphatic rings. The lowest BCUT2D eigenvalue weighted by Crippen LogP contribution is -2.27. The first kappa shape index (κ1) is 10.5. The summed E-state index contributed by atoms with van der Waals surface area (Å²) in [4.78, 5) is 0. The first-order valence-electron chi connectivity index (χ1n) is 5.15. The smallest absolute Gasteiger partial charge is 0.168 e. The van der Waals surface area contributed by atoms with Gasteiger partial charge >= 0.3 is 0 Å². The molecule has 1 aromatic carbocycles. The van der Waals surface area contributed by atoms with Crippen molar-refractivity contribution in [3.8, 4) is 5.75 Å². The van der Waals surface area contributed by atoms with E-state index in [0.29, 0.717) is 19.8 Å². The highest BCUT2D eigenvalue weighted by Gasteiger charge is 2.30. The molecule has 2 rings (SSSR count). The van der Waals surface area contributed by atoms with Crippen LogP contribution in [-0.4, -0.2) is 25.6 Å². The first-order chi connectivity index (χ1) is 7.29. The molecular formula is C12H15O3. The molecule has 1 aliphatic heterocycles. The van der Waals surface area contributed by atoms with Crippen molar-refractivity contribution in [2.45, 2.75) is 19.1 Å². The Labute approximate surface area is 90.0 Å². The van der Waals surface area contributed by atoms with Crippen LogP contribution in [0.15, 0.2) is 24.3 Å². The van der Waals surface area contributed by atoms with Crippen LogP contribution in [0.4, 0.5) is 0 Å². The van der Waals surface area contributed by atoms with Gasteiger partial charge in [0.15, 0.2) is 5.79 Å². The lowest BCUT2D eigenvalue weighted by molar-refractivity contribution is -0.150. The van der Waals surface area contributed by atoms with Crippen molar-refractivity contribution in [1.82, 2.24) is 0 Å². The summed E-state index contributed by atoms with van der Waals surface area (Å²) in [6.07, 6.45) is 0.742. The molecule has 0 unspecified atom stereocenters. The SMILES string of the molecule is CC1(CCOc2cc[c]cc2)OCCO1. The maximum atomic E-state index is 5.55. The van der Waals surface area contributed by atoms with E-state index < -0.39 is 5.79 Å². The Morgan fingerprint density at radius 2 is 2.00 bits per heavy atom. The topological polar surface area (TPSA) is 27.7 Å². The van der Waals surface area contributed by atoms with Gasteiger partial charge in [0.25, 0.3) is 0 Å². The van der Waals surface area contributed by atoms with E-state index >= 15 is 0 Å². The summed E-state index contributed by atoms with van der Waals surface area (Å²) in [5, 5.41) is 0. The zero-order chi connectivity index (χ0) is 10.6. The molecule has 0 atom stereocenters. The van der Waals surface area contributed by atoms with Gasteiger partial charge in [-0.1, -0.05) is 12.1 Å². The Hall–Kier alpha value is -1.06. The molecule has 0 spiro atoms. The van der Waals surface area contributed by atoms with Crippen molar-refractivity contribution >= 4 is 0 Å². The molecule has 1 saturated heterocycles. The third kappa shape index (κ3) is 2.94. The predicted octanol–water partition coefficient (Wildman–Crippen LogP) is 2.02. The molecule has 0 N–H and O–H groups in total. The molecule has 0 amide bonds. The molecule has 0 bridgehead atoms. The van der Waals surface area contributed by atoms with Crippen molar-refractivity contribution in [2.75, 3.05) is 19.8 Å². The molecule has 1 radical (unpaired) electrons. The Balaban J connectivity index is 1.75. The molecule has 3 heteroatoms. The average Bonchev–Trinajstić information content (AvgIpc) is 2.67. The molecule has 0 saturated carbocycles. The predicted molar refractivity (Wildman–Crippen MR) is 55.7 cm³/mol. The fraction of sp³-hybridized carbons (Fsp3) is 0.500. The van der Waals surface area contributed by atoms with E-state index in [1.54, 1.807) is 0 Å². The molecule has 0 aromatic heterocycles. The molecule has 1 heterocycles. The summed E-state index contributed by atoms with van der Waals surface area (Å²) in [5.41, 5.74) is 0. The van der Waals surface area contributed by atoms with Gasteiger partial charge in [0.05, 0.1) is 19.8 Å². The highest BCUT2D eigenvalue weighted by molar-refractivity contribution is 5.20. The normalized spacial score (nSPS) is 19.0. The van der Waals surface area contributed by atoms with Crippen LogP contribution in [0.5, 0.6) is 5.75 Å². The van der Waals surface area contributed by atoms with Gasteiger partial charge in [0, 0.05) is 6.42 Å². The lowest BCUT2D eigenvalue weighted by Gasteiger charge is -2.21. The number of ether oxygens (including phenoxy) is 3. The molecule has 81 valence electrons. The Kier molecular flexibility index (Phi) is 3.23. The van der Waals surface area contributed by atoms with Crippen molar-refractivity contribution in [2.24, 2.45) is 0 Å². The van der Waals surface area contributed by atoms with E-state index in [2.05, 4.69) is 6.07 Å². The van der Waals surface area contributed by atoms with Gasteiger partial charge < -0.3 is 14.2 Å². The quantitative estimate of drug-likeness (QED) is 0.756. The first-order valence-corrected chi connectivity index (χ1v) is 5.15. The van der Waals surface area contributed by atoms with Crippen LogP contribution >= 0.6 is 0 Å². The van der Waals surface area contributed by atoms with E-state index in [1.165, 1.54) is 0 Å². The Bertz CT molecular complexity index is 291. The second kappa shape index (κ2) is 4.64. The van der Waals surface area contributed by atoms with Gasteiger partial charge in [-0.15, -0.1) is 0 Å². The van der Waals surface area contributed by atoms with Crippen molar-refractivity contribution in [3.05, 3.63) is 30.3 Å². The lowest BCUT2D eigenvalue weighted by atomic mass is 10.2. The summed E-state index contributed by atoms with van der Waals surface area (Å²) in [6.45, 7) is 3.90. The van der Waals surface area contributed by atoms with E-state index in [9.17, 15) is 0 Å². The van der Waals surface area contributed by atoms with Crippen LogP contribution in [0.3, 0.4) is 0 Å². The van der Waals surface area contributed by atoms with E-state index in [0.717, 1.165) is 12.2 Å².